The Labute approximate surface area is 104 Å². The molecule has 0 aliphatic heterocycles. The summed E-state index contributed by atoms with van der Waals surface area (Å²) in [5, 5.41) is 0. The number of esters is 1. The van der Waals surface area contributed by atoms with Gasteiger partial charge in [-0.1, -0.05) is 43.2 Å². The molecule has 94 valence electrons. The molecule has 0 saturated carbocycles. The maximum absolute atomic E-state index is 12.0. The van der Waals surface area contributed by atoms with E-state index in [4.69, 9.17) is 4.74 Å². The van der Waals surface area contributed by atoms with Crippen LogP contribution in [0.1, 0.15) is 43.4 Å². The van der Waals surface area contributed by atoms with E-state index in [0.29, 0.717) is 6.61 Å². The quantitative estimate of drug-likeness (QED) is 0.744. The third-order valence-corrected chi connectivity index (χ3v) is 2.81. The highest BCUT2D eigenvalue weighted by Gasteiger charge is 2.25. The van der Waals surface area contributed by atoms with Gasteiger partial charge in [-0.3, -0.25) is 4.79 Å². The first-order chi connectivity index (χ1) is 7.95. The number of ether oxygens (including phenoxy) is 1. The predicted octanol–water partition coefficient (Wildman–Crippen LogP) is 3.61. The van der Waals surface area contributed by atoms with E-state index >= 15 is 0 Å². The van der Waals surface area contributed by atoms with Gasteiger partial charge in [0, 0.05) is 0 Å². The molecule has 1 atom stereocenters. The van der Waals surface area contributed by atoms with Gasteiger partial charge in [0.1, 0.15) is 0 Å². The summed E-state index contributed by atoms with van der Waals surface area (Å²) in [6, 6.07) is 6.27. The molecule has 2 heteroatoms. The van der Waals surface area contributed by atoms with E-state index < -0.39 is 0 Å². The van der Waals surface area contributed by atoms with Crippen LogP contribution in [0.2, 0.25) is 0 Å². The first kappa shape index (κ1) is 13.8. The average molecular weight is 234 g/mol. The predicted molar refractivity (Wildman–Crippen MR) is 70.1 cm³/mol. The van der Waals surface area contributed by atoms with Crippen molar-refractivity contribution >= 4 is 5.97 Å². The fourth-order valence-corrected chi connectivity index (χ4v) is 2.21. The van der Waals surface area contributed by atoms with Gasteiger partial charge in [-0.25, -0.2) is 0 Å². The minimum Gasteiger partial charge on any atom is -0.466 e. The third-order valence-electron chi connectivity index (χ3n) is 2.81. The molecule has 1 aromatic rings. The van der Waals surface area contributed by atoms with Crippen LogP contribution in [0.5, 0.6) is 0 Å². The van der Waals surface area contributed by atoms with Crippen molar-refractivity contribution in [3.05, 3.63) is 34.9 Å². The van der Waals surface area contributed by atoms with Crippen molar-refractivity contribution in [1.29, 1.82) is 0 Å². The number of aryl methyl sites for hydroxylation is 2. The van der Waals surface area contributed by atoms with Gasteiger partial charge < -0.3 is 4.74 Å². The zero-order chi connectivity index (χ0) is 13.0. The average Bonchev–Trinajstić information content (AvgIpc) is 2.15. The SMILES string of the molecule is CCOC(=O)C(c1cc(C)cc(C)c1)C(C)C. The van der Waals surface area contributed by atoms with E-state index in [-0.39, 0.29) is 17.8 Å². The van der Waals surface area contributed by atoms with Gasteiger partial charge in [-0.05, 0) is 32.3 Å². The Kier molecular flexibility index (Phi) is 4.73. The lowest BCUT2D eigenvalue weighted by molar-refractivity contribution is -0.146. The monoisotopic (exact) mass is 234 g/mol. The van der Waals surface area contributed by atoms with E-state index in [1.54, 1.807) is 0 Å². The molecule has 1 unspecified atom stereocenters. The Morgan fingerprint density at radius 1 is 1.18 bits per heavy atom. The minimum atomic E-state index is -0.159. The maximum atomic E-state index is 12.0. The number of carbonyl (C=O) groups excluding carboxylic acids is 1. The van der Waals surface area contributed by atoms with Gasteiger partial charge in [0.25, 0.3) is 0 Å². The molecule has 0 radical (unpaired) electrons. The molecule has 2 nitrogen and oxygen atoms in total. The summed E-state index contributed by atoms with van der Waals surface area (Å²) in [7, 11) is 0. The molecule has 0 aromatic heterocycles. The fourth-order valence-electron chi connectivity index (χ4n) is 2.21. The van der Waals surface area contributed by atoms with Crippen LogP contribution in [0, 0.1) is 19.8 Å². The van der Waals surface area contributed by atoms with Gasteiger partial charge in [0.2, 0.25) is 0 Å². The molecule has 17 heavy (non-hydrogen) atoms. The summed E-state index contributed by atoms with van der Waals surface area (Å²) >= 11 is 0. The van der Waals surface area contributed by atoms with Gasteiger partial charge in [-0.15, -0.1) is 0 Å². The van der Waals surface area contributed by atoms with Crippen LogP contribution < -0.4 is 0 Å². The molecule has 0 aliphatic rings. The Morgan fingerprint density at radius 3 is 2.12 bits per heavy atom. The third kappa shape index (κ3) is 3.58. The van der Waals surface area contributed by atoms with Crippen LogP contribution in [0.4, 0.5) is 0 Å². The van der Waals surface area contributed by atoms with Crippen LogP contribution in [-0.2, 0) is 9.53 Å². The van der Waals surface area contributed by atoms with Gasteiger partial charge in [0.15, 0.2) is 0 Å². The molecule has 0 spiro atoms. The largest absolute Gasteiger partial charge is 0.466 e. The van der Waals surface area contributed by atoms with Crippen LogP contribution in [0.3, 0.4) is 0 Å². The Bertz CT molecular complexity index is 374. The highest BCUT2D eigenvalue weighted by atomic mass is 16.5. The Balaban J connectivity index is 3.09. The Morgan fingerprint density at radius 2 is 1.71 bits per heavy atom. The lowest BCUT2D eigenvalue weighted by atomic mass is 9.87. The van der Waals surface area contributed by atoms with E-state index in [1.165, 1.54) is 11.1 Å². The lowest BCUT2D eigenvalue weighted by Crippen LogP contribution is -2.21. The first-order valence-corrected chi connectivity index (χ1v) is 6.20. The fraction of sp³-hybridized carbons (Fsp3) is 0.533. The standard InChI is InChI=1S/C15H22O2/c1-6-17-15(16)14(10(2)3)13-8-11(4)7-12(5)9-13/h7-10,14H,6H2,1-5H3. The molecular weight excluding hydrogens is 212 g/mol. The van der Waals surface area contributed by atoms with Crippen molar-refractivity contribution in [1.82, 2.24) is 0 Å². The van der Waals surface area contributed by atoms with E-state index in [9.17, 15) is 4.79 Å². The topological polar surface area (TPSA) is 26.3 Å². The molecule has 0 saturated heterocycles. The van der Waals surface area contributed by atoms with Gasteiger partial charge >= 0.3 is 5.97 Å². The molecule has 0 heterocycles. The Hall–Kier alpha value is -1.31. The molecule has 0 bridgehead atoms. The maximum Gasteiger partial charge on any atom is 0.313 e. The summed E-state index contributed by atoms with van der Waals surface area (Å²) in [6.07, 6.45) is 0. The van der Waals surface area contributed by atoms with Crippen molar-refractivity contribution in [2.45, 2.75) is 40.5 Å². The molecule has 0 aliphatic carbocycles. The zero-order valence-corrected chi connectivity index (χ0v) is 11.4. The summed E-state index contributed by atoms with van der Waals surface area (Å²) in [6.45, 7) is 10.5. The molecule has 1 aromatic carbocycles. The van der Waals surface area contributed by atoms with Crippen molar-refractivity contribution in [3.63, 3.8) is 0 Å². The summed E-state index contributed by atoms with van der Waals surface area (Å²) < 4.78 is 5.16. The zero-order valence-electron chi connectivity index (χ0n) is 11.4. The van der Waals surface area contributed by atoms with Crippen molar-refractivity contribution in [2.75, 3.05) is 6.61 Å². The lowest BCUT2D eigenvalue weighted by Gasteiger charge is -2.20. The normalized spacial score (nSPS) is 12.6. The van der Waals surface area contributed by atoms with E-state index in [0.717, 1.165) is 5.56 Å². The van der Waals surface area contributed by atoms with Crippen molar-refractivity contribution < 1.29 is 9.53 Å². The first-order valence-electron chi connectivity index (χ1n) is 6.20. The molecule has 0 amide bonds. The van der Waals surface area contributed by atoms with Crippen LogP contribution in [0.25, 0.3) is 0 Å². The second-order valence-electron chi connectivity index (χ2n) is 4.89. The summed E-state index contributed by atoms with van der Waals surface area (Å²) in [4.78, 5) is 12.0. The highest BCUT2D eigenvalue weighted by Crippen LogP contribution is 2.27. The number of hydrogen-bond acceptors (Lipinski definition) is 2. The number of carbonyl (C=O) groups is 1. The summed E-state index contributed by atoms with van der Waals surface area (Å²) in [5.74, 6) is -0.0312. The second-order valence-corrected chi connectivity index (χ2v) is 4.89. The van der Waals surface area contributed by atoms with Gasteiger partial charge in [-0.2, -0.15) is 0 Å². The summed E-state index contributed by atoms with van der Waals surface area (Å²) in [5.41, 5.74) is 3.45. The molecular formula is C15H22O2. The number of benzene rings is 1. The van der Waals surface area contributed by atoms with Crippen molar-refractivity contribution in [3.8, 4) is 0 Å². The highest BCUT2D eigenvalue weighted by molar-refractivity contribution is 5.78. The van der Waals surface area contributed by atoms with E-state index in [2.05, 4.69) is 45.9 Å². The molecule has 1 rings (SSSR count). The molecule has 0 fully saturated rings. The van der Waals surface area contributed by atoms with Crippen LogP contribution in [0.15, 0.2) is 18.2 Å². The van der Waals surface area contributed by atoms with Crippen molar-refractivity contribution in [2.24, 2.45) is 5.92 Å². The van der Waals surface area contributed by atoms with Crippen LogP contribution >= 0.6 is 0 Å². The van der Waals surface area contributed by atoms with E-state index in [1.807, 2.05) is 6.92 Å². The second kappa shape index (κ2) is 5.85. The molecule has 0 N–H and O–H groups in total. The number of rotatable bonds is 4. The smallest absolute Gasteiger partial charge is 0.313 e. The number of hydrogen-bond donors (Lipinski definition) is 0. The van der Waals surface area contributed by atoms with Crippen LogP contribution in [-0.4, -0.2) is 12.6 Å². The van der Waals surface area contributed by atoms with Gasteiger partial charge in [0.05, 0.1) is 12.5 Å². The minimum absolute atomic E-state index is 0.118.